The van der Waals surface area contributed by atoms with Crippen molar-refractivity contribution in [2.24, 2.45) is 5.84 Å². The van der Waals surface area contributed by atoms with Crippen molar-refractivity contribution >= 4 is 23.2 Å². The first-order valence-corrected chi connectivity index (χ1v) is 6.92. The van der Waals surface area contributed by atoms with Crippen molar-refractivity contribution in [3.8, 4) is 0 Å². The van der Waals surface area contributed by atoms with E-state index in [0.717, 1.165) is 18.4 Å². The third-order valence-electron chi connectivity index (χ3n) is 3.72. The number of methoxy groups -OCH3 is 1. The van der Waals surface area contributed by atoms with Crippen LogP contribution in [0.4, 0.5) is 0 Å². The Hall–Kier alpha value is -0.360. The molecule has 0 aliphatic carbocycles. The molecular formula is C13H18Cl2N2O2. The van der Waals surface area contributed by atoms with Crippen LogP contribution in [0.25, 0.3) is 0 Å². The molecule has 1 atom stereocenters. The fraction of sp³-hybridized carbons (Fsp3) is 0.538. The fourth-order valence-corrected chi connectivity index (χ4v) is 2.88. The molecule has 0 radical (unpaired) electrons. The van der Waals surface area contributed by atoms with Gasteiger partial charge in [-0.05, 0) is 17.7 Å². The van der Waals surface area contributed by atoms with Crippen LogP contribution in [0.15, 0.2) is 18.2 Å². The van der Waals surface area contributed by atoms with Gasteiger partial charge in [0.25, 0.3) is 0 Å². The SMILES string of the molecule is COC1(C(NN)c2ccc(Cl)c(Cl)c2)CCOCC1. The molecule has 19 heavy (non-hydrogen) atoms. The molecule has 1 fully saturated rings. The summed E-state index contributed by atoms with van der Waals surface area (Å²) in [5.41, 5.74) is 3.42. The van der Waals surface area contributed by atoms with Crippen LogP contribution in [-0.2, 0) is 9.47 Å². The Bertz CT molecular complexity index is 437. The molecule has 0 amide bonds. The summed E-state index contributed by atoms with van der Waals surface area (Å²) in [4.78, 5) is 0. The Labute approximate surface area is 123 Å². The van der Waals surface area contributed by atoms with Crippen LogP contribution >= 0.6 is 23.2 Å². The van der Waals surface area contributed by atoms with Gasteiger partial charge in [0.05, 0.1) is 21.7 Å². The van der Waals surface area contributed by atoms with Crippen LogP contribution < -0.4 is 11.3 Å². The van der Waals surface area contributed by atoms with E-state index in [9.17, 15) is 0 Å². The number of benzene rings is 1. The first-order valence-electron chi connectivity index (χ1n) is 6.17. The minimum Gasteiger partial charge on any atom is -0.381 e. The topological polar surface area (TPSA) is 56.5 Å². The molecule has 4 nitrogen and oxygen atoms in total. The molecule has 6 heteroatoms. The molecule has 0 spiro atoms. The van der Waals surface area contributed by atoms with E-state index in [4.69, 9.17) is 38.5 Å². The van der Waals surface area contributed by atoms with Crippen LogP contribution in [-0.4, -0.2) is 25.9 Å². The Kier molecular flexibility index (Phi) is 5.06. The molecule has 0 bridgehead atoms. The number of halogens is 2. The maximum Gasteiger partial charge on any atom is 0.0929 e. The maximum atomic E-state index is 6.08. The second-order valence-electron chi connectivity index (χ2n) is 4.65. The smallest absolute Gasteiger partial charge is 0.0929 e. The monoisotopic (exact) mass is 304 g/mol. The van der Waals surface area contributed by atoms with Gasteiger partial charge >= 0.3 is 0 Å². The zero-order valence-corrected chi connectivity index (χ0v) is 12.3. The van der Waals surface area contributed by atoms with E-state index in [1.807, 2.05) is 12.1 Å². The van der Waals surface area contributed by atoms with Crippen molar-refractivity contribution in [1.82, 2.24) is 5.43 Å². The highest BCUT2D eigenvalue weighted by Gasteiger charge is 2.41. The first-order chi connectivity index (χ1) is 9.13. The fourth-order valence-electron chi connectivity index (χ4n) is 2.57. The number of hydrogen-bond donors (Lipinski definition) is 2. The lowest BCUT2D eigenvalue weighted by atomic mass is 9.82. The molecule has 1 unspecified atom stereocenters. The minimum atomic E-state index is -0.385. The van der Waals surface area contributed by atoms with Crippen molar-refractivity contribution in [2.75, 3.05) is 20.3 Å². The molecule has 0 saturated carbocycles. The second-order valence-corrected chi connectivity index (χ2v) is 5.47. The molecular weight excluding hydrogens is 287 g/mol. The van der Waals surface area contributed by atoms with Crippen molar-refractivity contribution in [3.05, 3.63) is 33.8 Å². The highest BCUT2D eigenvalue weighted by atomic mass is 35.5. The number of hydrogen-bond acceptors (Lipinski definition) is 4. The van der Waals surface area contributed by atoms with E-state index in [1.54, 1.807) is 13.2 Å². The van der Waals surface area contributed by atoms with Crippen LogP contribution in [0.2, 0.25) is 10.0 Å². The van der Waals surface area contributed by atoms with Gasteiger partial charge in [-0.25, -0.2) is 0 Å². The molecule has 1 aliphatic heterocycles. The summed E-state index contributed by atoms with van der Waals surface area (Å²) in [5.74, 6) is 5.74. The number of nitrogens with one attached hydrogen (secondary N) is 1. The van der Waals surface area contributed by atoms with Crippen molar-refractivity contribution in [2.45, 2.75) is 24.5 Å². The Morgan fingerprint density at radius 1 is 1.32 bits per heavy atom. The lowest BCUT2D eigenvalue weighted by molar-refractivity contribution is -0.111. The third-order valence-corrected chi connectivity index (χ3v) is 4.45. The molecule has 1 aromatic rings. The zero-order valence-electron chi connectivity index (χ0n) is 10.8. The second kappa shape index (κ2) is 6.39. The van der Waals surface area contributed by atoms with Gasteiger partial charge in [-0.2, -0.15) is 0 Å². The average Bonchev–Trinajstić information content (AvgIpc) is 2.44. The van der Waals surface area contributed by atoms with Gasteiger partial charge in [-0.15, -0.1) is 0 Å². The van der Waals surface area contributed by atoms with Gasteiger partial charge < -0.3 is 9.47 Å². The number of nitrogens with two attached hydrogens (primary N) is 1. The Balaban J connectivity index is 2.33. The minimum absolute atomic E-state index is 0.156. The largest absolute Gasteiger partial charge is 0.381 e. The lowest BCUT2D eigenvalue weighted by Gasteiger charge is -2.42. The summed E-state index contributed by atoms with van der Waals surface area (Å²) in [6.07, 6.45) is 1.55. The van der Waals surface area contributed by atoms with E-state index in [0.29, 0.717) is 23.3 Å². The van der Waals surface area contributed by atoms with E-state index in [2.05, 4.69) is 5.43 Å². The Morgan fingerprint density at radius 3 is 2.53 bits per heavy atom. The molecule has 2 rings (SSSR count). The summed E-state index contributed by atoms with van der Waals surface area (Å²) in [6.45, 7) is 1.32. The lowest BCUT2D eigenvalue weighted by Crippen LogP contribution is -2.51. The van der Waals surface area contributed by atoms with Gasteiger partial charge in [0, 0.05) is 33.2 Å². The molecule has 3 N–H and O–H groups in total. The highest BCUT2D eigenvalue weighted by molar-refractivity contribution is 6.42. The normalized spacial score (nSPS) is 20.2. The van der Waals surface area contributed by atoms with Crippen molar-refractivity contribution in [3.63, 3.8) is 0 Å². The number of ether oxygens (including phenoxy) is 2. The van der Waals surface area contributed by atoms with Crippen molar-refractivity contribution < 1.29 is 9.47 Å². The van der Waals surface area contributed by atoms with Crippen molar-refractivity contribution in [1.29, 1.82) is 0 Å². The highest BCUT2D eigenvalue weighted by Crippen LogP contribution is 2.38. The van der Waals surface area contributed by atoms with Crippen LogP contribution in [0.1, 0.15) is 24.4 Å². The van der Waals surface area contributed by atoms with E-state index < -0.39 is 0 Å². The van der Waals surface area contributed by atoms with Gasteiger partial charge in [0.1, 0.15) is 0 Å². The predicted molar refractivity (Wildman–Crippen MR) is 76.3 cm³/mol. The summed E-state index contributed by atoms with van der Waals surface area (Å²) in [7, 11) is 1.70. The van der Waals surface area contributed by atoms with Gasteiger partial charge in [0.15, 0.2) is 0 Å². The number of hydrazine groups is 1. The predicted octanol–water partition coefficient (Wildman–Crippen LogP) is 2.69. The zero-order chi connectivity index (χ0) is 13.9. The standard InChI is InChI=1S/C13H18Cl2N2O2/c1-18-13(4-6-19-7-5-13)12(17-16)9-2-3-10(14)11(15)8-9/h2-3,8,12,17H,4-7,16H2,1H3. The number of rotatable bonds is 4. The average molecular weight is 305 g/mol. The summed E-state index contributed by atoms with van der Waals surface area (Å²) < 4.78 is 11.2. The van der Waals surface area contributed by atoms with Gasteiger partial charge in [-0.3, -0.25) is 11.3 Å². The maximum absolute atomic E-state index is 6.08. The van der Waals surface area contributed by atoms with Crippen LogP contribution in [0.3, 0.4) is 0 Å². The first kappa shape index (κ1) is 15.0. The molecule has 1 aliphatic rings. The summed E-state index contributed by atoms with van der Waals surface area (Å²) in [5, 5.41) is 1.04. The van der Waals surface area contributed by atoms with Gasteiger partial charge in [-0.1, -0.05) is 29.3 Å². The third kappa shape index (κ3) is 3.05. The summed E-state index contributed by atoms with van der Waals surface area (Å²) in [6, 6.07) is 5.35. The van der Waals surface area contributed by atoms with E-state index in [1.165, 1.54) is 0 Å². The summed E-state index contributed by atoms with van der Waals surface area (Å²) >= 11 is 12.0. The molecule has 1 saturated heterocycles. The molecule has 0 aromatic heterocycles. The Morgan fingerprint density at radius 2 is 2.00 bits per heavy atom. The van der Waals surface area contributed by atoms with E-state index in [-0.39, 0.29) is 11.6 Å². The van der Waals surface area contributed by atoms with E-state index >= 15 is 0 Å². The molecule has 1 heterocycles. The van der Waals surface area contributed by atoms with Crippen LogP contribution in [0.5, 0.6) is 0 Å². The van der Waals surface area contributed by atoms with Gasteiger partial charge in [0.2, 0.25) is 0 Å². The van der Waals surface area contributed by atoms with Crippen LogP contribution in [0, 0.1) is 0 Å². The quantitative estimate of drug-likeness (QED) is 0.663. The molecule has 1 aromatic carbocycles. The molecule has 106 valence electrons.